The Labute approximate surface area is 181 Å². The van der Waals surface area contributed by atoms with Crippen molar-refractivity contribution in [3.63, 3.8) is 0 Å². The van der Waals surface area contributed by atoms with Crippen LogP contribution in [0.25, 0.3) is 11.3 Å². The maximum Gasteiger partial charge on any atom is 0.269 e. The van der Waals surface area contributed by atoms with Crippen molar-refractivity contribution in [2.24, 2.45) is 0 Å². The third kappa shape index (κ3) is 4.03. The third-order valence-electron chi connectivity index (χ3n) is 5.61. The van der Waals surface area contributed by atoms with Crippen molar-refractivity contribution < 1.29 is 14.3 Å². The molecule has 3 heterocycles. The molecule has 2 atom stereocenters. The molecule has 1 amide bonds. The standard InChI is InChI=1S/C24H24N4O3/c1-16-23(31-21-10-3-2-9-20(21)30-16)24(29)25-18-8-6-7-17(15-18)19-11-12-22(27-26-19)28-13-4-5-14-28/h2-3,6-12,15-16,23H,4-5,13-14H2,1H3,(H,25,29). The number of nitrogens with zero attached hydrogens (tertiary/aromatic N) is 3. The third-order valence-corrected chi connectivity index (χ3v) is 5.61. The summed E-state index contributed by atoms with van der Waals surface area (Å²) in [4.78, 5) is 15.1. The van der Waals surface area contributed by atoms with Crippen molar-refractivity contribution in [2.45, 2.75) is 32.0 Å². The second-order valence-electron chi connectivity index (χ2n) is 7.85. The number of carbonyl (C=O) groups excluding carboxylic acids is 1. The van der Waals surface area contributed by atoms with Gasteiger partial charge in [0, 0.05) is 24.3 Å². The minimum Gasteiger partial charge on any atom is -0.482 e. The molecule has 7 heteroatoms. The van der Waals surface area contributed by atoms with Gasteiger partial charge in [-0.15, -0.1) is 10.2 Å². The summed E-state index contributed by atoms with van der Waals surface area (Å²) in [6.45, 7) is 3.89. The molecule has 31 heavy (non-hydrogen) atoms. The van der Waals surface area contributed by atoms with Crippen LogP contribution >= 0.6 is 0 Å². The van der Waals surface area contributed by atoms with Crippen LogP contribution in [-0.2, 0) is 4.79 Å². The van der Waals surface area contributed by atoms with Crippen molar-refractivity contribution in [3.05, 3.63) is 60.7 Å². The number of nitrogens with one attached hydrogen (secondary N) is 1. The minimum absolute atomic E-state index is 0.255. The van der Waals surface area contributed by atoms with E-state index in [1.165, 1.54) is 12.8 Å². The quantitative estimate of drug-likeness (QED) is 0.695. The highest BCUT2D eigenvalue weighted by atomic mass is 16.6. The molecule has 2 unspecified atom stereocenters. The smallest absolute Gasteiger partial charge is 0.269 e. The number of benzene rings is 2. The van der Waals surface area contributed by atoms with Crippen LogP contribution in [0.4, 0.5) is 11.5 Å². The van der Waals surface area contributed by atoms with E-state index < -0.39 is 12.2 Å². The normalized spacial score (nSPS) is 19.8. The molecule has 0 spiro atoms. The first kappa shape index (κ1) is 19.4. The molecule has 0 aliphatic carbocycles. The Balaban J connectivity index is 1.30. The first-order valence-corrected chi connectivity index (χ1v) is 10.6. The van der Waals surface area contributed by atoms with Gasteiger partial charge in [-0.3, -0.25) is 4.79 Å². The van der Waals surface area contributed by atoms with Crippen LogP contribution in [0.15, 0.2) is 60.7 Å². The fourth-order valence-corrected chi connectivity index (χ4v) is 3.97. The van der Waals surface area contributed by atoms with E-state index in [9.17, 15) is 4.79 Å². The van der Waals surface area contributed by atoms with Gasteiger partial charge in [-0.2, -0.15) is 0 Å². The van der Waals surface area contributed by atoms with E-state index >= 15 is 0 Å². The number of anilines is 2. The van der Waals surface area contributed by atoms with Crippen LogP contribution in [-0.4, -0.2) is 41.4 Å². The van der Waals surface area contributed by atoms with Crippen LogP contribution in [0, 0.1) is 0 Å². The van der Waals surface area contributed by atoms with Crippen molar-refractivity contribution >= 4 is 17.4 Å². The predicted molar refractivity (Wildman–Crippen MR) is 118 cm³/mol. The zero-order valence-corrected chi connectivity index (χ0v) is 17.3. The van der Waals surface area contributed by atoms with Gasteiger partial charge in [0.1, 0.15) is 6.10 Å². The van der Waals surface area contributed by atoms with E-state index in [0.717, 1.165) is 30.2 Å². The lowest BCUT2D eigenvalue weighted by Crippen LogP contribution is -2.46. The lowest BCUT2D eigenvalue weighted by molar-refractivity contribution is -0.128. The van der Waals surface area contributed by atoms with Gasteiger partial charge in [0.2, 0.25) is 6.10 Å². The van der Waals surface area contributed by atoms with Gasteiger partial charge in [0.05, 0.1) is 5.69 Å². The highest BCUT2D eigenvalue weighted by Gasteiger charge is 2.34. The van der Waals surface area contributed by atoms with Gasteiger partial charge in [0.25, 0.3) is 5.91 Å². The molecule has 0 saturated carbocycles. The summed E-state index contributed by atoms with van der Waals surface area (Å²) < 4.78 is 11.7. The van der Waals surface area contributed by atoms with Crippen LogP contribution in [0.5, 0.6) is 11.5 Å². The maximum absolute atomic E-state index is 12.9. The molecule has 5 rings (SSSR count). The molecule has 3 aromatic rings. The Morgan fingerprint density at radius 2 is 1.74 bits per heavy atom. The SMILES string of the molecule is CC1Oc2ccccc2OC1C(=O)Nc1cccc(-c2ccc(N3CCCC3)nn2)c1. The van der Waals surface area contributed by atoms with Crippen LogP contribution < -0.4 is 19.7 Å². The average molecular weight is 416 g/mol. The molecular formula is C24H24N4O3. The molecule has 1 fully saturated rings. The molecule has 2 aliphatic heterocycles. The van der Waals surface area contributed by atoms with E-state index in [1.54, 1.807) is 6.07 Å². The van der Waals surface area contributed by atoms with Gasteiger partial charge >= 0.3 is 0 Å². The van der Waals surface area contributed by atoms with E-state index in [0.29, 0.717) is 17.2 Å². The fraction of sp³-hybridized carbons (Fsp3) is 0.292. The topological polar surface area (TPSA) is 76.6 Å². The summed E-state index contributed by atoms with van der Waals surface area (Å²) in [7, 11) is 0. The van der Waals surface area contributed by atoms with E-state index in [1.807, 2.05) is 61.5 Å². The number of amides is 1. The van der Waals surface area contributed by atoms with E-state index in [4.69, 9.17) is 9.47 Å². The lowest BCUT2D eigenvalue weighted by atomic mass is 10.1. The molecule has 2 aliphatic rings. The second-order valence-corrected chi connectivity index (χ2v) is 7.85. The summed E-state index contributed by atoms with van der Waals surface area (Å²) in [5.74, 6) is 1.88. The largest absolute Gasteiger partial charge is 0.482 e. The number of fused-ring (bicyclic) bond motifs is 1. The van der Waals surface area contributed by atoms with Gasteiger partial charge in [-0.05, 0) is 56.2 Å². The Bertz CT molecular complexity index is 1080. The summed E-state index contributed by atoms with van der Waals surface area (Å²) >= 11 is 0. The Kier molecular flexibility index (Phi) is 5.16. The monoisotopic (exact) mass is 416 g/mol. The molecule has 2 aromatic carbocycles. The highest BCUT2D eigenvalue weighted by Crippen LogP contribution is 2.34. The summed E-state index contributed by atoms with van der Waals surface area (Å²) in [6.07, 6.45) is 1.26. The molecule has 1 saturated heterocycles. The first-order chi connectivity index (χ1) is 15.2. The van der Waals surface area contributed by atoms with Crippen molar-refractivity contribution in [2.75, 3.05) is 23.3 Å². The number of rotatable bonds is 4. The minimum atomic E-state index is -0.738. The van der Waals surface area contributed by atoms with Crippen molar-refractivity contribution in [1.82, 2.24) is 10.2 Å². The van der Waals surface area contributed by atoms with Gasteiger partial charge in [-0.25, -0.2) is 0 Å². The van der Waals surface area contributed by atoms with Crippen LogP contribution in [0.2, 0.25) is 0 Å². The lowest BCUT2D eigenvalue weighted by Gasteiger charge is -2.31. The van der Waals surface area contributed by atoms with Crippen molar-refractivity contribution in [3.8, 4) is 22.8 Å². The van der Waals surface area contributed by atoms with E-state index in [2.05, 4.69) is 20.4 Å². The first-order valence-electron chi connectivity index (χ1n) is 10.6. The van der Waals surface area contributed by atoms with Crippen molar-refractivity contribution in [1.29, 1.82) is 0 Å². The summed E-state index contributed by atoms with van der Waals surface area (Å²) in [5.41, 5.74) is 2.32. The van der Waals surface area contributed by atoms with Crippen LogP contribution in [0.3, 0.4) is 0 Å². The molecular weight excluding hydrogens is 392 g/mol. The van der Waals surface area contributed by atoms with Gasteiger partial charge < -0.3 is 19.7 Å². The fourth-order valence-electron chi connectivity index (χ4n) is 3.97. The average Bonchev–Trinajstić information content (AvgIpc) is 3.34. The summed E-state index contributed by atoms with van der Waals surface area (Å²) in [5, 5.41) is 11.7. The highest BCUT2D eigenvalue weighted by molar-refractivity contribution is 5.95. The second kappa shape index (κ2) is 8.26. The number of para-hydroxylation sites is 2. The van der Waals surface area contributed by atoms with Gasteiger partial charge in [0.15, 0.2) is 17.3 Å². The molecule has 0 bridgehead atoms. The number of hydrogen-bond donors (Lipinski definition) is 1. The molecule has 7 nitrogen and oxygen atoms in total. The number of carbonyl (C=O) groups is 1. The molecule has 0 radical (unpaired) electrons. The Morgan fingerprint density at radius 3 is 2.48 bits per heavy atom. The van der Waals surface area contributed by atoms with Crippen LogP contribution in [0.1, 0.15) is 19.8 Å². The zero-order valence-electron chi connectivity index (χ0n) is 17.3. The Hall–Kier alpha value is -3.61. The predicted octanol–water partition coefficient (Wildman–Crippen LogP) is 3.91. The molecule has 1 N–H and O–H groups in total. The molecule has 158 valence electrons. The number of ether oxygens (including phenoxy) is 2. The van der Waals surface area contributed by atoms with E-state index in [-0.39, 0.29) is 5.91 Å². The maximum atomic E-state index is 12.9. The zero-order chi connectivity index (χ0) is 21.2. The van der Waals surface area contributed by atoms with Gasteiger partial charge in [-0.1, -0.05) is 24.3 Å². The number of hydrogen-bond acceptors (Lipinski definition) is 6. The Morgan fingerprint density at radius 1 is 0.968 bits per heavy atom. The summed E-state index contributed by atoms with van der Waals surface area (Å²) in [6, 6.07) is 18.9. The molecule has 1 aromatic heterocycles. The number of aromatic nitrogens is 2.